The van der Waals surface area contributed by atoms with E-state index in [0.29, 0.717) is 11.3 Å². The lowest BCUT2D eigenvalue weighted by Crippen LogP contribution is -2.18. The van der Waals surface area contributed by atoms with E-state index < -0.39 is 10.8 Å². The number of nitro benzene ring substituents is 1. The molecule has 0 aliphatic heterocycles. The molecule has 0 saturated heterocycles. The van der Waals surface area contributed by atoms with Crippen molar-refractivity contribution in [1.29, 1.82) is 0 Å². The van der Waals surface area contributed by atoms with Crippen LogP contribution in [0.15, 0.2) is 53.5 Å². The lowest BCUT2D eigenvalue weighted by molar-refractivity contribution is -0.385. The number of rotatable bonds is 3. The lowest BCUT2D eigenvalue weighted by atomic mass is 9.93. The third kappa shape index (κ3) is 3.00. The number of nitro groups is 1. The fourth-order valence-electron chi connectivity index (χ4n) is 3.48. The maximum Gasteiger partial charge on any atom is 0.286 e. The predicted octanol–water partition coefficient (Wildman–Crippen LogP) is 3.98. The molecule has 6 nitrogen and oxygen atoms in total. The molecule has 1 amide bonds. The van der Waals surface area contributed by atoms with E-state index in [9.17, 15) is 14.9 Å². The summed E-state index contributed by atoms with van der Waals surface area (Å²) in [7, 11) is 0. The van der Waals surface area contributed by atoms with Crippen molar-refractivity contribution in [1.82, 2.24) is 4.57 Å². The summed E-state index contributed by atoms with van der Waals surface area (Å²) in [4.78, 5) is 29.4. The number of fused-ring (bicyclic) bond motifs is 3. The minimum atomic E-state index is -0.587. The van der Waals surface area contributed by atoms with Crippen LogP contribution in [0.4, 0.5) is 5.69 Å². The van der Waals surface area contributed by atoms with Crippen LogP contribution >= 0.6 is 11.3 Å². The van der Waals surface area contributed by atoms with Crippen LogP contribution in [0.3, 0.4) is 0 Å². The number of aromatic nitrogens is 1. The quantitative estimate of drug-likeness (QED) is 0.510. The summed E-state index contributed by atoms with van der Waals surface area (Å²) < 4.78 is 2.03. The molecule has 4 rings (SSSR count). The van der Waals surface area contributed by atoms with Crippen LogP contribution in [0.2, 0.25) is 0 Å². The van der Waals surface area contributed by atoms with E-state index in [1.54, 1.807) is 12.1 Å². The zero-order valence-corrected chi connectivity index (χ0v) is 15.5. The first-order valence-corrected chi connectivity index (χ1v) is 9.55. The van der Waals surface area contributed by atoms with Gasteiger partial charge in [-0.2, -0.15) is 4.99 Å². The first-order chi connectivity index (χ1) is 13.1. The summed E-state index contributed by atoms with van der Waals surface area (Å²) in [6.07, 6.45) is 1.87. The Hall–Kier alpha value is -3.06. The second kappa shape index (κ2) is 6.92. The fraction of sp³-hybridized carbons (Fsp3) is 0.200. The fourth-order valence-corrected chi connectivity index (χ4v) is 4.68. The normalized spacial score (nSPS) is 13.1. The number of para-hydroxylation sites is 1. The van der Waals surface area contributed by atoms with Crippen LogP contribution in [0.1, 0.15) is 27.7 Å². The molecular weight excluding hydrogens is 362 g/mol. The van der Waals surface area contributed by atoms with Crippen molar-refractivity contribution < 1.29 is 9.72 Å². The average molecular weight is 379 g/mol. The van der Waals surface area contributed by atoms with Crippen LogP contribution < -0.4 is 4.80 Å². The lowest BCUT2D eigenvalue weighted by Gasteiger charge is -2.17. The third-order valence-corrected chi connectivity index (χ3v) is 5.86. The standard InChI is InChI=1S/C20H17N3O3S/c1-2-22-18-14-8-4-3-7-13(14)11-12-17(18)27-20(22)21-19(24)15-9-5-6-10-16(15)23(25)26/h3-10H,2,11-12H2,1H3. The SMILES string of the molecule is CCn1c2c(sc1=NC(=O)c1ccccc1[N+](=O)[O-])CCc1ccccc1-2. The Kier molecular flexibility index (Phi) is 4.45. The first kappa shape index (κ1) is 17.4. The highest BCUT2D eigenvalue weighted by Gasteiger charge is 2.23. The van der Waals surface area contributed by atoms with Crippen molar-refractivity contribution in [3.8, 4) is 11.3 Å². The van der Waals surface area contributed by atoms with E-state index in [4.69, 9.17) is 0 Å². The topological polar surface area (TPSA) is 77.5 Å². The summed E-state index contributed by atoms with van der Waals surface area (Å²) >= 11 is 1.49. The van der Waals surface area contributed by atoms with Crippen LogP contribution in [0.5, 0.6) is 0 Å². The summed E-state index contributed by atoms with van der Waals surface area (Å²) in [5.41, 5.74) is 3.37. The maximum atomic E-state index is 12.7. The average Bonchev–Trinajstić information content (AvgIpc) is 3.05. The van der Waals surface area contributed by atoms with E-state index in [-0.39, 0.29) is 11.3 Å². The Labute approximate surface area is 159 Å². The third-order valence-electron chi connectivity index (χ3n) is 4.72. The predicted molar refractivity (Wildman–Crippen MR) is 104 cm³/mol. The second-order valence-electron chi connectivity index (χ2n) is 6.25. The van der Waals surface area contributed by atoms with Crippen LogP contribution in [0.25, 0.3) is 11.3 Å². The van der Waals surface area contributed by atoms with Gasteiger partial charge in [0.2, 0.25) is 0 Å². The molecule has 0 N–H and O–H groups in total. The van der Waals surface area contributed by atoms with Crippen molar-refractivity contribution in [2.75, 3.05) is 0 Å². The first-order valence-electron chi connectivity index (χ1n) is 8.73. The molecule has 0 atom stereocenters. The molecule has 0 saturated carbocycles. The van der Waals surface area contributed by atoms with Crippen molar-refractivity contribution in [3.63, 3.8) is 0 Å². The van der Waals surface area contributed by atoms with Gasteiger partial charge in [0.15, 0.2) is 4.80 Å². The van der Waals surface area contributed by atoms with Crippen LogP contribution in [-0.4, -0.2) is 15.4 Å². The van der Waals surface area contributed by atoms with Gasteiger partial charge in [0.05, 0.1) is 10.6 Å². The molecule has 0 unspecified atom stereocenters. The molecule has 1 aromatic heterocycles. The van der Waals surface area contributed by atoms with Gasteiger partial charge >= 0.3 is 0 Å². The number of hydrogen-bond donors (Lipinski definition) is 0. The Morgan fingerprint density at radius 3 is 2.70 bits per heavy atom. The summed E-state index contributed by atoms with van der Waals surface area (Å²) in [6.45, 7) is 2.68. The monoisotopic (exact) mass is 379 g/mol. The van der Waals surface area contributed by atoms with Crippen molar-refractivity contribution in [3.05, 3.63) is 79.5 Å². The van der Waals surface area contributed by atoms with Crippen LogP contribution in [0, 0.1) is 10.1 Å². The van der Waals surface area contributed by atoms with Crippen molar-refractivity contribution in [2.24, 2.45) is 4.99 Å². The Morgan fingerprint density at radius 1 is 1.19 bits per heavy atom. The van der Waals surface area contributed by atoms with Gasteiger partial charge in [-0.3, -0.25) is 14.9 Å². The highest BCUT2D eigenvalue weighted by atomic mass is 32.1. The molecule has 0 radical (unpaired) electrons. The molecule has 0 spiro atoms. The molecule has 27 heavy (non-hydrogen) atoms. The molecule has 7 heteroatoms. The van der Waals surface area contributed by atoms with Gasteiger partial charge in [0.1, 0.15) is 5.56 Å². The van der Waals surface area contributed by atoms with Crippen molar-refractivity contribution in [2.45, 2.75) is 26.3 Å². The van der Waals surface area contributed by atoms with Crippen LogP contribution in [-0.2, 0) is 19.4 Å². The number of aryl methyl sites for hydroxylation is 2. The largest absolute Gasteiger partial charge is 0.316 e. The van der Waals surface area contributed by atoms with Gasteiger partial charge in [-0.05, 0) is 31.4 Å². The Morgan fingerprint density at radius 2 is 1.93 bits per heavy atom. The second-order valence-corrected chi connectivity index (χ2v) is 7.31. The summed E-state index contributed by atoms with van der Waals surface area (Å²) in [6, 6.07) is 14.2. The molecule has 1 heterocycles. The van der Waals surface area contributed by atoms with E-state index in [1.807, 2.05) is 23.6 Å². The van der Waals surface area contributed by atoms with E-state index in [1.165, 1.54) is 39.5 Å². The molecule has 0 bridgehead atoms. The number of amides is 1. The smallest absolute Gasteiger partial charge is 0.286 e. The molecular formula is C20H17N3O3S. The number of carbonyl (C=O) groups is 1. The van der Waals surface area contributed by atoms with Gasteiger partial charge < -0.3 is 4.57 Å². The number of hydrogen-bond acceptors (Lipinski definition) is 4. The number of benzene rings is 2. The highest BCUT2D eigenvalue weighted by Crippen LogP contribution is 2.34. The zero-order valence-electron chi connectivity index (χ0n) is 14.7. The molecule has 2 aromatic carbocycles. The van der Waals surface area contributed by atoms with E-state index >= 15 is 0 Å². The zero-order chi connectivity index (χ0) is 19.0. The summed E-state index contributed by atoms with van der Waals surface area (Å²) in [5.74, 6) is -0.587. The number of carbonyl (C=O) groups excluding carboxylic acids is 1. The molecule has 1 aliphatic rings. The van der Waals surface area contributed by atoms with Gasteiger partial charge in [0, 0.05) is 23.1 Å². The van der Waals surface area contributed by atoms with Gasteiger partial charge in [-0.1, -0.05) is 36.4 Å². The maximum absolute atomic E-state index is 12.7. The molecule has 3 aromatic rings. The molecule has 0 fully saturated rings. The van der Waals surface area contributed by atoms with Gasteiger partial charge in [-0.25, -0.2) is 0 Å². The van der Waals surface area contributed by atoms with Crippen molar-refractivity contribution >= 4 is 22.9 Å². The number of thiazole rings is 1. The number of nitrogens with zero attached hydrogens (tertiary/aromatic N) is 3. The van der Waals surface area contributed by atoms with E-state index in [0.717, 1.165) is 18.5 Å². The van der Waals surface area contributed by atoms with Gasteiger partial charge in [-0.15, -0.1) is 11.3 Å². The Balaban J connectivity index is 1.86. The van der Waals surface area contributed by atoms with E-state index in [2.05, 4.69) is 17.1 Å². The minimum absolute atomic E-state index is 0.0110. The molecule has 1 aliphatic carbocycles. The highest BCUT2D eigenvalue weighted by molar-refractivity contribution is 7.09. The Bertz CT molecular complexity index is 1130. The minimum Gasteiger partial charge on any atom is -0.316 e. The van der Waals surface area contributed by atoms with Gasteiger partial charge in [0.25, 0.3) is 11.6 Å². The summed E-state index contributed by atoms with van der Waals surface area (Å²) in [5, 5.41) is 11.2. The molecule has 136 valence electrons.